The first-order chi connectivity index (χ1) is 15.1. The molecule has 5 aromatic rings. The van der Waals surface area contributed by atoms with Crippen LogP contribution in [0.25, 0.3) is 28.3 Å². The van der Waals surface area contributed by atoms with Gasteiger partial charge in [-0.05, 0) is 18.6 Å². The largest absolute Gasteiger partial charge is 0.436 e. The van der Waals surface area contributed by atoms with E-state index in [0.29, 0.717) is 34.4 Å². The minimum atomic E-state index is -0.394. The first-order valence-electron chi connectivity index (χ1n) is 9.55. The van der Waals surface area contributed by atoms with Crippen LogP contribution in [0.15, 0.2) is 65.6 Å². The molecule has 5 rings (SSSR count). The summed E-state index contributed by atoms with van der Waals surface area (Å²) in [6.07, 6.45) is 6.82. The number of nitrogens with zero attached hydrogens (tertiary/aromatic N) is 6. The molecule has 9 nitrogen and oxygen atoms in total. The number of rotatable bonds is 4. The number of amides is 1. The fraction of sp³-hybridized carbons (Fsp3) is 0.0909. The highest BCUT2D eigenvalue weighted by molar-refractivity contribution is 6.03. The molecule has 0 aliphatic carbocycles. The van der Waals surface area contributed by atoms with Gasteiger partial charge in [-0.15, -0.1) is 5.10 Å². The summed E-state index contributed by atoms with van der Waals surface area (Å²) >= 11 is 0. The fourth-order valence-corrected chi connectivity index (χ4v) is 3.24. The topological polar surface area (TPSA) is 111 Å². The molecule has 0 aliphatic heterocycles. The number of aryl methyl sites for hydroxylation is 2. The number of oxazole rings is 1. The van der Waals surface area contributed by atoms with Gasteiger partial charge in [-0.1, -0.05) is 30.3 Å². The summed E-state index contributed by atoms with van der Waals surface area (Å²) in [7, 11) is 0. The molecule has 4 heterocycles. The van der Waals surface area contributed by atoms with E-state index in [4.69, 9.17) is 4.42 Å². The van der Waals surface area contributed by atoms with E-state index in [-0.39, 0.29) is 5.76 Å². The summed E-state index contributed by atoms with van der Waals surface area (Å²) in [6, 6.07) is 11.7. The van der Waals surface area contributed by atoms with E-state index in [9.17, 15) is 4.79 Å². The first kappa shape index (κ1) is 18.6. The number of nitrogens with one attached hydrogen (secondary N) is 1. The summed E-state index contributed by atoms with van der Waals surface area (Å²) in [5.41, 5.74) is 3.64. The molecule has 0 saturated carbocycles. The third kappa shape index (κ3) is 3.64. The van der Waals surface area contributed by atoms with Crippen molar-refractivity contribution >= 4 is 17.4 Å². The molecular weight excluding hydrogens is 394 g/mol. The number of anilines is 1. The van der Waals surface area contributed by atoms with Crippen LogP contribution >= 0.6 is 0 Å². The van der Waals surface area contributed by atoms with Crippen LogP contribution in [0.3, 0.4) is 0 Å². The molecule has 1 aromatic carbocycles. The van der Waals surface area contributed by atoms with Gasteiger partial charge in [0.2, 0.25) is 5.76 Å². The lowest BCUT2D eigenvalue weighted by Crippen LogP contribution is -2.12. The average Bonchev–Trinajstić information content (AvgIpc) is 3.36. The molecule has 9 heteroatoms. The number of carbonyl (C=O) groups is 1. The summed E-state index contributed by atoms with van der Waals surface area (Å²) in [6.45, 7) is 3.41. The highest BCUT2D eigenvalue weighted by Gasteiger charge is 2.17. The van der Waals surface area contributed by atoms with Gasteiger partial charge in [-0.2, -0.15) is 4.98 Å². The minimum Gasteiger partial charge on any atom is -0.436 e. The van der Waals surface area contributed by atoms with Crippen molar-refractivity contribution in [3.8, 4) is 22.5 Å². The zero-order valence-electron chi connectivity index (χ0n) is 16.8. The lowest BCUT2D eigenvalue weighted by atomic mass is 10.1. The van der Waals surface area contributed by atoms with Gasteiger partial charge in [0.05, 0.1) is 17.6 Å². The maximum Gasteiger partial charge on any atom is 0.293 e. The number of benzene rings is 1. The number of pyridine rings is 1. The molecule has 4 aromatic heterocycles. The van der Waals surface area contributed by atoms with Gasteiger partial charge in [-0.25, -0.2) is 14.5 Å². The van der Waals surface area contributed by atoms with Crippen LogP contribution in [0.5, 0.6) is 0 Å². The van der Waals surface area contributed by atoms with Crippen molar-refractivity contribution in [3.63, 3.8) is 0 Å². The number of fused-ring (bicyclic) bond motifs is 1. The van der Waals surface area contributed by atoms with Crippen LogP contribution in [0.1, 0.15) is 22.1 Å². The summed E-state index contributed by atoms with van der Waals surface area (Å²) in [5.74, 6) is 1.14. The van der Waals surface area contributed by atoms with Crippen molar-refractivity contribution in [1.29, 1.82) is 0 Å². The molecular formula is C22H17N7O2. The van der Waals surface area contributed by atoms with Crippen LogP contribution in [-0.2, 0) is 0 Å². The van der Waals surface area contributed by atoms with Crippen LogP contribution in [-0.4, -0.2) is 35.5 Å². The predicted molar refractivity (Wildman–Crippen MR) is 113 cm³/mol. The SMILES string of the molecule is Cc1nc(C)c(C(=O)Nc2cncc(-c3nc4ncc(-c5ccccc5)cn4n3)c2)o1. The van der Waals surface area contributed by atoms with E-state index in [1.165, 1.54) is 0 Å². The number of hydrogen-bond acceptors (Lipinski definition) is 7. The van der Waals surface area contributed by atoms with Crippen molar-refractivity contribution in [2.45, 2.75) is 13.8 Å². The Morgan fingerprint density at radius 3 is 2.61 bits per heavy atom. The first-order valence-corrected chi connectivity index (χ1v) is 9.55. The Bertz CT molecular complexity index is 1410. The van der Waals surface area contributed by atoms with E-state index in [1.807, 2.05) is 36.5 Å². The highest BCUT2D eigenvalue weighted by Crippen LogP contribution is 2.22. The Kier molecular flexibility index (Phi) is 4.47. The Balaban J connectivity index is 1.44. The van der Waals surface area contributed by atoms with Gasteiger partial charge in [0, 0.05) is 36.6 Å². The molecule has 0 radical (unpaired) electrons. The van der Waals surface area contributed by atoms with Gasteiger partial charge in [0.1, 0.15) is 0 Å². The molecule has 0 unspecified atom stereocenters. The van der Waals surface area contributed by atoms with Crippen molar-refractivity contribution in [1.82, 2.24) is 29.5 Å². The Morgan fingerprint density at radius 2 is 1.84 bits per heavy atom. The molecule has 0 bridgehead atoms. The van der Waals surface area contributed by atoms with E-state index in [0.717, 1.165) is 11.1 Å². The highest BCUT2D eigenvalue weighted by atomic mass is 16.4. The Labute approximate surface area is 176 Å². The van der Waals surface area contributed by atoms with E-state index in [2.05, 4.69) is 30.4 Å². The van der Waals surface area contributed by atoms with Crippen LogP contribution < -0.4 is 5.32 Å². The van der Waals surface area contributed by atoms with Crippen molar-refractivity contribution in [3.05, 3.63) is 78.5 Å². The zero-order chi connectivity index (χ0) is 21.4. The Hall–Kier alpha value is -4.40. The van der Waals surface area contributed by atoms with Crippen molar-refractivity contribution in [2.24, 2.45) is 0 Å². The summed E-state index contributed by atoms with van der Waals surface area (Å²) in [4.78, 5) is 29.7. The predicted octanol–water partition coefficient (Wildman–Crippen LogP) is 3.71. The van der Waals surface area contributed by atoms with E-state index >= 15 is 0 Å². The van der Waals surface area contributed by atoms with Gasteiger partial charge in [0.25, 0.3) is 11.7 Å². The molecule has 0 atom stereocenters. The smallest absolute Gasteiger partial charge is 0.293 e. The molecule has 1 amide bonds. The van der Waals surface area contributed by atoms with Crippen molar-refractivity contribution in [2.75, 3.05) is 5.32 Å². The number of hydrogen-bond donors (Lipinski definition) is 1. The van der Waals surface area contributed by atoms with Gasteiger partial charge < -0.3 is 9.73 Å². The summed E-state index contributed by atoms with van der Waals surface area (Å²) < 4.78 is 7.00. The molecule has 31 heavy (non-hydrogen) atoms. The third-order valence-corrected chi connectivity index (χ3v) is 4.66. The second-order valence-corrected chi connectivity index (χ2v) is 6.95. The quantitative estimate of drug-likeness (QED) is 0.480. The monoisotopic (exact) mass is 411 g/mol. The van der Waals surface area contributed by atoms with Gasteiger partial charge in [-0.3, -0.25) is 9.78 Å². The molecule has 152 valence electrons. The van der Waals surface area contributed by atoms with Gasteiger partial charge >= 0.3 is 0 Å². The van der Waals surface area contributed by atoms with Crippen LogP contribution in [0, 0.1) is 13.8 Å². The lowest BCUT2D eigenvalue weighted by Gasteiger charge is -2.04. The average molecular weight is 411 g/mol. The lowest BCUT2D eigenvalue weighted by molar-refractivity contribution is 0.0994. The number of aromatic nitrogens is 6. The fourth-order valence-electron chi connectivity index (χ4n) is 3.24. The zero-order valence-corrected chi connectivity index (χ0v) is 16.8. The van der Waals surface area contributed by atoms with Gasteiger partial charge in [0.15, 0.2) is 11.7 Å². The third-order valence-electron chi connectivity index (χ3n) is 4.66. The molecule has 0 fully saturated rings. The normalized spacial score (nSPS) is 11.0. The number of carbonyl (C=O) groups excluding carboxylic acids is 1. The molecule has 0 spiro atoms. The molecule has 0 saturated heterocycles. The second-order valence-electron chi connectivity index (χ2n) is 6.95. The second kappa shape index (κ2) is 7.45. The molecule has 1 N–H and O–H groups in total. The van der Waals surface area contributed by atoms with Crippen molar-refractivity contribution < 1.29 is 9.21 Å². The maximum atomic E-state index is 12.5. The maximum absolute atomic E-state index is 12.5. The Morgan fingerprint density at radius 1 is 1.00 bits per heavy atom. The van der Waals surface area contributed by atoms with E-state index in [1.54, 1.807) is 43.0 Å². The minimum absolute atomic E-state index is 0.173. The van der Waals surface area contributed by atoms with Crippen LogP contribution in [0.4, 0.5) is 5.69 Å². The van der Waals surface area contributed by atoms with Crippen LogP contribution in [0.2, 0.25) is 0 Å². The molecule has 0 aliphatic rings. The van der Waals surface area contributed by atoms with E-state index < -0.39 is 5.91 Å². The standard InChI is InChI=1S/C22H17N7O2/c1-13-19(31-14(2)25-13)21(30)26-18-8-16(9-23-11-18)20-27-22-24-10-17(12-29(22)28-20)15-6-4-3-5-7-15/h3-12H,1-2H3,(H,26,30). The summed E-state index contributed by atoms with van der Waals surface area (Å²) in [5, 5.41) is 7.30.